The summed E-state index contributed by atoms with van der Waals surface area (Å²) < 4.78 is 4.86. The van der Waals surface area contributed by atoms with Gasteiger partial charge in [-0.05, 0) is 13.0 Å². The molecule has 0 spiro atoms. The first-order valence-corrected chi connectivity index (χ1v) is 4.94. The second-order valence-electron chi connectivity index (χ2n) is 3.20. The molecule has 4 nitrogen and oxygen atoms in total. The van der Waals surface area contributed by atoms with Crippen molar-refractivity contribution < 1.29 is 19.7 Å². The molecule has 0 bridgehead atoms. The smallest absolute Gasteiger partial charge is 0.330 e. The molecular formula is C12H14O4. The Morgan fingerprint density at radius 2 is 2.19 bits per heavy atom. The summed E-state index contributed by atoms with van der Waals surface area (Å²) in [6.45, 7) is 1.89. The normalized spacial score (nSPS) is 10.6. The summed E-state index contributed by atoms with van der Waals surface area (Å²) in [4.78, 5) is 11.0. The SMILES string of the molecule is C/C=C/C(=O)OCCc1cccc(O)c1O. The number of carbonyl (C=O) groups excluding carboxylic acids is 1. The number of esters is 1. The van der Waals surface area contributed by atoms with Gasteiger partial charge >= 0.3 is 5.97 Å². The highest BCUT2D eigenvalue weighted by molar-refractivity contribution is 5.81. The van der Waals surface area contributed by atoms with Crippen LogP contribution in [0.5, 0.6) is 11.5 Å². The maximum absolute atomic E-state index is 11.0. The maximum atomic E-state index is 11.0. The second kappa shape index (κ2) is 5.80. The van der Waals surface area contributed by atoms with Crippen LogP contribution in [0.2, 0.25) is 0 Å². The first-order chi connectivity index (χ1) is 7.65. The van der Waals surface area contributed by atoms with E-state index in [4.69, 9.17) is 4.74 Å². The quantitative estimate of drug-likeness (QED) is 0.463. The summed E-state index contributed by atoms with van der Waals surface area (Å²) in [5, 5.41) is 18.7. The van der Waals surface area contributed by atoms with E-state index in [2.05, 4.69) is 0 Å². The Balaban J connectivity index is 2.49. The summed E-state index contributed by atoms with van der Waals surface area (Å²) in [5.41, 5.74) is 0.549. The van der Waals surface area contributed by atoms with Crippen molar-refractivity contribution >= 4 is 5.97 Å². The number of para-hydroxylation sites is 1. The average Bonchev–Trinajstić information content (AvgIpc) is 2.25. The van der Waals surface area contributed by atoms with Crippen molar-refractivity contribution in [2.45, 2.75) is 13.3 Å². The molecule has 0 aliphatic heterocycles. The van der Waals surface area contributed by atoms with Crippen LogP contribution < -0.4 is 0 Å². The molecule has 0 amide bonds. The van der Waals surface area contributed by atoms with Crippen molar-refractivity contribution in [2.75, 3.05) is 6.61 Å². The molecule has 0 aromatic heterocycles. The van der Waals surface area contributed by atoms with Crippen molar-refractivity contribution in [3.63, 3.8) is 0 Å². The minimum absolute atomic E-state index is 0.162. The fraction of sp³-hybridized carbons (Fsp3) is 0.250. The standard InChI is InChI=1S/C12H14O4/c1-2-4-11(14)16-8-7-9-5-3-6-10(13)12(9)15/h2-6,13,15H,7-8H2,1H3/b4-2+. The number of hydrogen-bond acceptors (Lipinski definition) is 4. The molecular weight excluding hydrogens is 208 g/mol. The van der Waals surface area contributed by atoms with Gasteiger partial charge < -0.3 is 14.9 Å². The average molecular weight is 222 g/mol. The molecule has 0 aliphatic carbocycles. The number of carbonyl (C=O) groups is 1. The number of allylic oxidation sites excluding steroid dienone is 1. The van der Waals surface area contributed by atoms with Crippen LogP contribution in [0.1, 0.15) is 12.5 Å². The molecule has 0 saturated heterocycles. The molecule has 0 aliphatic rings. The topological polar surface area (TPSA) is 66.8 Å². The van der Waals surface area contributed by atoms with Crippen LogP contribution in [-0.4, -0.2) is 22.8 Å². The fourth-order valence-corrected chi connectivity index (χ4v) is 1.23. The minimum Gasteiger partial charge on any atom is -0.504 e. The van der Waals surface area contributed by atoms with Gasteiger partial charge in [-0.15, -0.1) is 0 Å². The number of aromatic hydroxyl groups is 2. The van der Waals surface area contributed by atoms with Gasteiger partial charge in [-0.3, -0.25) is 0 Å². The number of phenols is 2. The largest absolute Gasteiger partial charge is 0.504 e. The zero-order valence-corrected chi connectivity index (χ0v) is 9.01. The molecule has 2 N–H and O–H groups in total. The van der Waals surface area contributed by atoms with Crippen LogP contribution in [0.15, 0.2) is 30.4 Å². The van der Waals surface area contributed by atoms with Crippen molar-refractivity contribution in [1.29, 1.82) is 0 Å². The summed E-state index contributed by atoms with van der Waals surface area (Å²) in [6, 6.07) is 4.68. The van der Waals surface area contributed by atoms with Gasteiger partial charge in [0, 0.05) is 18.1 Å². The van der Waals surface area contributed by atoms with Crippen molar-refractivity contribution in [3.8, 4) is 11.5 Å². The van der Waals surface area contributed by atoms with Gasteiger partial charge in [0.25, 0.3) is 0 Å². The monoisotopic (exact) mass is 222 g/mol. The van der Waals surface area contributed by atoms with Crippen molar-refractivity contribution in [2.24, 2.45) is 0 Å². The Hall–Kier alpha value is -1.97. The van der Waals surface area contributed by atoms with E-state index in [1.807, 2.05) is 0 Å². The summed E-state index contributed by atoms with van der Waals surface area (Å²) in [5.74, 6) is -0.746. The number of phenolic OH excluding ortho intramolecular Hbond substituents is 2. The van der Waals surface area contributed by atoms with E-state index in [-0.39, 0.29) is 18.1 Å². The highest BCUT2D eigenvalue weighted by Crippen LogP contribution is 2.28. The van der Waals surface area contributed by atoms with Gasteiger partial charge in [-0.25, -0.2) is 4.79 Å². The van der Waals surface area contributed by atoms with Gasteiger partial charge in [0.1, 0.15) is 0 Å². The molecule has 4 heteroatoms. The summed E-state index contributed by atoms with van der Waals surface area (Å²) in [7, 11) is 0. The summed E-state index contributed by atoms with van der Waals surface area (Å²) >= 11 is 0. The molecule has 0 fully saturated rings. The molecule has 1 aromatic carbocycles. The lowest BCUT2D eigenvalue weighted by atomic mass is 10.1. The van der Waals surface area contributed by atoms with Gasteiger partial charge in [0.05, 0.1) is 6.61 Å². The van der Waals surface area contributed by atoms with Crippen LogP contribution in [0.25, 0.3) is 0 Å². The Morgan fingerprint density at radius 3 is 2.88 bits per heavy atom. The van der Waals surface area contributed by atoms with E-state index >= 15 is 0 Å². The van der Waals surface area contributed by atoms with E-state index in [1.54, 1.807) is 25.1 Å². The lowest BCUT2D eigenvalue weighted by Crippen LogP contribution is -2.04. The van der Waals surface area contributed by atoms with Gasteiger partial charge in [0.15, 0.2) is 11.5 Å². The molecule has 1 rings (SSSR count). The molecule has 0 atom stereocenters. The number of hydrogen-bond donors (Lipinski definition) is 2. The highest BCUT2D eigenvalue weighted by Gasteiger charge is 2.06. The summed E-state index contributed by atoms with van der Waals surface area (Å²) in [6.07, 6.45) is 3.28. The van der Waals surface area contributed by atoms with Crippen molar-refractivity contribution in [3.05, 3.63) is 35.9 Å². The van der Waals surface area contributed by atoms with E-state index in [1.165, 1.54) is 12.1 Å². The van der Waals surface area contributed by atoms with E-state index < -0.39 is 5.97 Å². The number of rotatable bonds is 4. The number of benzene rings is 1. The predicted molar refractivity (Wildman–Crippen MR) is 59.2 cm³/mol. The Morgan fingerprint density at radius 1 is 1.44 bits per heavy atom. The lowest BCUT2D eigenvalue weighted by Gasteiger charge is -2.05. The van der Waals surface area contributed by atoms with Gasteiger partial charge in [-0.1, -0.05) is 18.2 Å². The Kier molecular flexibility index (Phi) is 4.39. The van der Waals surface area contributed by atoms with Crippen LogP contribution in [0, 0.1) is 0 Å². The van der Waals surface area contributed by atoms with Crippen LogP contribution in [0.4, 0.5) is 0 Å². The number of ether oxygens (including phenoxy) is 1. The lowest BCUT2D eigenvalue weighted by molar-refractivity contribution is -0.137. The van der Waals surface area contributed by atoms with Crippen molar-refractivity contribution in [1.82, 2.24) is 0 Å². The second-order valence-corrected chi connectivity index (χ2v) is 3.20. The Bertz CT molecular complexity index is 396. The highest BCUT2D eigenvalue weighted by atomic mass is 16.5. The molecule has 16 heavy (non-hydrogen) atoms. The molecule has 86 valence electrons. The first-order valence-electron chi connectivity index (χ1n) is 4.94. The zero-order valence-electron chi connectivity index (χ0n) is 9.01. The minimum atomic E-state index is -0.415. The maximum Gasteiger partial charge on any atom is 0.330 e. The van der Waals surface area contributed by atoms with Gasteiger partial charge in [0.2, 0.25) is 0 Å². The zero-order chi connectivity index (χ0) is 12.0. The van der Waals surface area contributed by atoms with E-state index in [0.717, 1.165) is 0 Å². The molecule has 0 unspecified atom stereocenters. The molecule has 1 aromatic rings. The molecule has 0 heterocycles. The Labute approximate surface area is 93.8 Å². The third kappa shape index (κ3) is 3.31. The van der Waals surface area contributed by atoms with E-state index in [9.17, 15) is 15.0 Å². The predicted octanol–water partition coefficient (Wildman–Crippen LogP) is 1.76. The van der Waals surface area contributed by atoms with Crippen LogP contribution in [0.3, 0.4) is 0 Å². The van der Waals surface area contributed by atoms with E-state index in [0.29, 0.717) is 12.0 Å². The molecule has 0 saturated carbocycles. The molecule has 0 radical (unpaired) electrons. The van der Waals surface area contributed by atoms with Crippen LogP contribution >= 0.6 is 0 Å². The first kappa shape index (κ1) is 12.1. The third-order valence-corrected chi connectivity index (χ3v) is 2.02. The van der Waals surface area contributed by atoms with Crippen LogP contribution in [-0.2, 0) is 16.0 Å². The third-order valence-electron chi connectivity index (χ3n) is 2.02. The van der Waals surface area contributed by atoms with Gasteiger partial charge in [-0.2, -0.15) is 0 Å². The fourth-order valence-electron chi connectivity index (χ4n) is 1.23.